The van der Waals surface area contributed by atoms with Gasteiger partial charge in [0.05, 0.1) is 0 Å². The van der Waals surface area contributed by atoms with E-state index in [1.165, 1.54) is 0 Å². The first-order valence-electron chi connectivity index (χ1n) is 11.5. The Balaban J connectivity index is -0.000000551. The Morgan fingerprint density at radius 3 is 1.15 bits per heavy atom. The molecule has 0 radical (unpaired) electrons. The fraction of sp³-hybridized carbons (Fsp3) is 0.0645. The molecule has 0 bridgehead atoms. The molecule has 3 N–H and O–H groups in total. The van der Waals surface area contributed by atoms with Crippen molar-refractivity contribution in [1.82, 2.24) is 0 Å². The number of phenols is 3. The first-order chi connectivity index (χ1) is 18.9. The second kappa shape index (κ2) is 26.4. The van der Waals surface area contributed by atoms with Crippen LogP contribution in [0.5, 0.6) is 23.0 Å². The van der Waals surface area contributed by atoms with Crippen LogP contribution in [-0.2, 0) is 9.68 Å². The molecule has 0 unspecified atom stereocenters. The summed E-state index contributed by atoms with van der Waals surface area (Å²) >= 11 is 3.13. The molecule has 0 atom stereocenters. The summed E-state index contributed by atoms with van der Waals surface area (Å²) in [4.78, 5) is 11.2. The van der Waals surface area contributed by atoms with Crippen LogP contribution in [0, 0.1) is 0 Å². The van der Waals surface area contributed by atoms with Crippen LogP contribution in [0.4, 0.5) is 0 Å². The molecule has 206 valence electrons. The van der Waals surface area contributed by atoms with Crippen LogP contribution in [0.3, 0.4) is 0 Å². The summed E-state index contributed by atoms with van der Waals surface area (Å²) in [7, 11) is 0. The average Bonchev–Trinajstić information content (AvgIpc) is 2.98. The van der Waals surface area contributed by atoms with Crippen LogP contribution in [-0.4, -0.2) is 33.7 Å². The smallest absolute Gasteiger partial charge is 1.00 e. The largest absolute Gasteiger partial charge is 1.00 e. The van der Waals surface area contributed by atoms with Gasteiger partial charge in [0, 0.05) is 5.33 Å². The number of ether oxygens (including phenoxy) is 1. The van der Waals surface area contributed by atoms with Crippen molar-refractivity contribution >= 4 is 22.4 Å². The van der Waals surface area contributed by atoms with Gasteiger partial charge in [-0.05, 0) is 70.8 Å². The summed E-state index contributed by atoms with van der Waals surface area (Å²) in [5.41, 5.74) is 4.19. The van der Waals surface area contributed by atoms with Crippen LogP contribution in [0.1, 0.15) is 1.43 Å². The van der Waals surface area contributed by atoms with Crippen molar-refractivity contribution in [2.75, 3.05) is 11.9 Å². The number of aromatic hydroxyl groups is 3. The number of alkyl halides is 1. The predicted octanol–water partition coefficient (Wildman–Crippen LogP) is 0.511. The molecule has 0 saturated heterocycles. The van der Waals surface area contributed by atoms with Crippen LogP contribution in [0.25, 0.3) is 22.3 Å². The molecule has 0 saturated carbocycles. The number of benzene rings is 4. The second-order valence-electron chi connectivity index (χ2n) is 7.40. The summed E-state index contributed by atoms with van der Waals surface area (Å²) in [6.45, 7) is 7.36. The summed E-state index contributed by atoms with van der Waals surface area (Å²) in [5, 5.41) is 36.8. The number of phenolic OH excluding ortho intramolecular Hbond substituents is 3. The van der Waals surface area contributed by atoms with Crippen molar-refractivity contribution in [3.8, 4) is 45.3 Å². The topological polar surface area (TPSA) is 119 Å². The zero-order valence-corrected chi connectivity index (χ0v) is 31.0. The first kappa shape index (κ1) is 41.9. The summed E-state index contributed by atoms with van der Waals surface area (Å²) in [6.07, 6.45) is 3.51. The van der Waals surface area contributed by atoms with Gasteiger partial charge in [0.15, 0.2) is 0 Å². The van der Waals surface area contributed by atoms with Gasteiger partial charge in [-0.2, -0.15) is 0 Å². The van der Waals surface area contributed by atoms with Gasteiger partial charge in [0.2, 0.25) is 0 Å². The maximum atomic E-state index is 9.22. The van der Waals surface area contributed by atoms with Crippen LogP contribution in [0.2, 0.25) is 0 Å². The Kier molecular flexibility index (Phi) is 26.9. The second-order valence-corrected chi connectivity index (χ2v) is 8.05. The van der Waals surface area contributed by atoms with E-state index in [9.17, 15) is 5.11 Å². The molecule has 0 aromatic heterocycles. The molecule has 0 aliphatic heterocycles. The van der Waals surface area contributed by atoms with Gasteiger partial charge < -0.3 is 31.6 Å². The minimum absolute atomic E-state index is 0. The molecule has 10 heteroatoms. The van der Waals surface area contributed by atoms with Crippen LogP contribution >= 0.6 is 15.9 Å². The van der Waals surface area contributed by atoms with Gasteiger partial charge in [0.1, 0.15) is 29.6 Å². The van der Waals surface area contributed by atoms with Crippen molar-refractivity contribution < 1.29 is 139 Å². The van der Waals surface area contributed by atoms with E-state index in [-0.39, 0.29) is 128 Å². The van der Waals surface area contributed by atoms with Crippen molar-refractivity contribution in [1.29, 1.82) is 0 Å². The number of halogens is 1. The zero-order valence-electron chi connectivity index (χ0n) is 24.2. The predicted molar refractivity (Wildman–Crippen MR) is 157 cm³/mol. The Bertz CT molecular complexity index is 1190. The molecule has 0 aliphatic rings. The van der Waals surface area contributed by atoms with Crippen molar-refractivity contribution in [3.05, 3.63) is 122 Å². The van der Waals surface area contributed by atoms with Gasteiger partial charge in [-0.1, -0.05) is 83.2 Å². The van der Waals surface area contributed by atoms with Crippen LogP contribution < -0.4 is 113 Å². The minimum Gasteiger partial charge on any atom is -1.00 e. The molecule has 0 fully saturated rings. The van der Waals surface area contributed by atoms with Crippen molar-refractivity contribution in [3.63, 3.8) is 0 Å². The fourth-order valence-corrected chi connectivity index (χ4v) is 2.86. The Labute approximate surface area is 335 Å². The molecule has 41 heavy (non-hydrogen) atoms. The quantitative estimate of drug-likeness (QED) is 0.0654. The van der Waals surface area contributed by atoms with Gasteiger partial charge >= 0.3 is 103 Å². The minimum atomic E-state index is -0.181. The van der Waals surface area contributed by atoms with Gasteiger partial charge in [0.25, 0.3) is 6.47 Å². The Morgan fingerprint density at radius 1 is 0.659 bits per heavy atom. The van der Waals surface area contributed by atoms with Crippen molar-refractivity contribution in [2.24, 2.45) is 0 Å². The molecule has 4 aromatic carbocycles. The first-order valence-corrected chi connectivity index (χ1v) is 12.6. The van der Waals surface area contributed by atoms with E-state index in [1.807, 2.05) is 60.7 Å². The maximum absolute atomic E-state index is 9.22. The standard InChI is InChI=1S/C15H14O2.C12H10O2.C3H5Br.CH2O3.2K.H/c1-2-11-17-15-9-5-13(6-10-15)12-3-7-14(16)8-4-12;13-11-5-1-9(2-6-11)10-3-7-12(14)8-4-10;1-2-3-4;2-1-4-3;;;/h2-10,16H,1,11H2;1-8,13-14H;2H,1,3H2;1,3H;;;/q;;;;2*+1;-1/p-1. The number of rotatable bonds is 7. The normalized spacial score (nSPS) is 8.63. The van der Waals surface area contributed by atoms with Gasteiger partial charge in [-0.15, -0.1) is 6.58 Å². The average molecular weight is 674 g/mol. The molecule has 4 rings (SSSR count). The number of carbonyl (C=O) groups is 1. The van der Waals surface area contributed by atoms with E-state index in [0.29, 0.717) is 6.61 Å². The molecule has 4 aromatic rings. The Hall–Kier alpha value is -1.26. The molecule has 0 amide bonds. The third-order valence-electron chi connectivity index (χ3n) is 4.64. The SMILES string of the molecule is C=CCBr.C=CCOc1ccc(-c2ccc(O)cc2)cc1.O=CO[O-].Oc1ccc(-c2ccc(O)cc2)cc1.[H-].[K+].[K+]. The Morgan fingerprint density at radius 2 is 0.927 bits per heavy atom. The van der Waals surface area contributed by atoms with E-state index in [0.717, 1.165) is 33.3 Å². The molecule has 7 nitrogen and oxygen atoms in total. The van der Waals surface area contributed by atoms with E-state index in [1.54, 1.807) is 48.6 Å². The number of allylic oxidation sites excluding steroid dienone is 1. The number of hydrogen-bond acceptors (Lipinski definition) is 7. The summed E-state index contributed by atoms with van der Waals surface area (Å²) in [5.74, 6) is 1.62. The zero-order chi connectivity index (χ0) is 28.9. The van der Waals surface area contributed by atoms with E-state index >= 15 is 0 Å². The van der Waals surface area contributed by atoms with E-state index in [2.05, 4.69) is 34.0 Å². The maximum Gasteiger partial charge on any atom is 1.00 e. The van der Waals surface area contributed by atoms with Crippen molar-refractivity contribution in [2.45, 2.75) is 0 Å². The number of carbonyl (C=O) groups excluding carboxylic acids is 1. The fourth-order valence-electron chi connectivity index (χ4n) is 2.86. The number of hydrogen-bond donors (Lipinski definition) is 3. The molecular weight excluding hydrogens is 642 g/mol. The summed E-state index contributed by atoms with van der Waals surface area (Å²) < 4.78 is 5.41. The van der Waals surface area contributed by atoms with Crippen LogP contribution in [0.15, 0.2) is 122 Å². The third-order valence-corrected chi connectivity index (χ3v) is 5.10. The monoisotopic (exact) mass is 672 g/mol. The molecule has 0 spiro atoms. The molecule has 0 aliphatic carbocycles. The van der Waals surface area contributed by atoms with Gasteiger partial charge in [-0.25, -0.2) is 0 Å². The van der Waals surface area contributed by atoms with E-state index in [4.69, 9.17) is 25.0 Å². The van der Waals surface area contributed by atoms with Gasteiger partial charge in [-0.3, -0.25) is 4.79 Å². The summed E-state index contributed by atoms with van der Waals surface area (Å²) in [6, 6.07) is 28.9. The molecular formula is C31H31BrK2O7. The molecule has 0 heterocycles. The van der Waals surface area contributed by atoms with E-state index < -0.39 is 0 Å². The third kappa shape index (κ3) is 18.8.